The van der Waals surface area contributed by atoms with Gasteiger partial charge in [-0.2, -0.15) is 0 Å². The minimum absolute atomic E-state index is 0.0709. The van der Waals surface area contributed by atoms with Crippen LogP contribution in [0.3, 0.4) is 0 Å². The second kappa shape index (κ2) is 3.34. The number of carbonyl (C=O) groups excluding carboxylic acids is 1. The molecule has 0 heterocycles. The molecule has 0 unspecified atom stereocenters. The van der Waals surface area contributed by atoms with Gasteiger partial charge in [-0.1, -0.05) is 17.2 Å². The van der Waals surface area contributed by atoms with Gasteiger partial charge in [-0.25, -0.2) is 0 Å². The number of Topliss-reactive ketones (excluding diaryl/α,β-unsaturated/α-hetero) is 1. The zero-order valence-corrected chi connectivity index (χ0v) is 6.69. The monoisotopic (exact) mass is 170 g/mol. The van der Waals surface area contributed by atoms with Crippen molar-refractivity contribution < 1.29 is 15.2 Å². The second-order valence-corrected chi connectivity index (χ2v) is 2.94. The largest absolute Gasteiger partial charge is 0.411 e. The Labute approximate surface area is 69.4 Å². The Morgan fingerprint density at radius 2 is 1.67 bits per heavy atom. The first-order valence-corrected chi connectivity index (χ1v) is 3.65. The molecule has 1 rings (SSSR count). The maximum Gasteiger partial charge on any atom is 0.228 e. The Balaban J connectivity index is 2.90. The molecular weight excluding hydrogens is 160 g/mol. The van der Waals surface area contributed by atoms with Crippen molar-refractivity contribution in [1.29, 1.82) is 0 Å². The Kier molecular flexibility index (Phi) is 2.42. The minimum Gasteiger partial charge on any atom is -0.411 e. The van der Waals surface area contributed by atoms with E-state index in [9.17, 15) is 4.79 Å². The van der Waals surface area contributed by atoms with E-state index in [0.29, 0.717) is 12.8 Å². The standard InChI is InChI=1S/C7H10N2O3/c1-4-2-5(8-11)7(10)6(3-4)9-12/h4,11-12H,2-3H2,1H3/b8-5-,9-6-. The lowest BCUT2D eigenvalue weighted by Gasteiger charge is -2.17. The number of oxime groups is 2. The van der Waals surface area contributed by atoms with Gasteiger partial charge in [0.15, 0.2) is 0 Å². The van der Waals surface area contributed by atoms with Gasteiger partial charge in [0.25, 0.3) is 0 Å². The van der Waals surface area contributed by atoms with Crippen LogP contribution in [0.1, 0.15) is 19.8 Å². The van der Waals surface area contributed by atoms with Crippen LogP contribution in [-0.4, -0.2) is 27.6 Å². The Morgan fingerprint density at radius 3 is 2.00 bits per heavy atom. The molecule has 66 valence electrons. The van der Waals surface area contributed by atoms with Crippen LogP contribution in [0.25, 0.3) is 0 Å². The molecule has 1 fully saturated rings. The lowest BCUT2D eigenvalue weighted by molar-refractivity contribution is -0.108. The molecule has 0 aromatic heterocycles. The minimum atomic E-state index is -0.460. The highest BCUT2D eigenvalue weighted by molar-refractivity contribution is 6.67. The number of hydrogen-bond acceptors (Lipinski definition) is 5. The summed E-state index contributed by atoms with van der Waals surface area (Å²) in [6, 6.07) is 0. The van der Waals surface area contributed by atoms with Gasteiger partial charge in [-0.15, -0.1) is 0 Å². The summed E-state index contributed by atoms with van der Waals surface area (Å²) >= 11 is 0. The summed E-state index contributed by atoms with van der Waals surface area (Å²) < 4.78 is 0. The fraction of sp³-hybridized carbons (Fsp3) is 0.571. The van der Waals surface area contributed by atoms with E-state index in [1.165, 1.54) is 0 Å². The molecule has 5 nitrogen and oxygen atoms in total. The van der Waals surface area contributed by atoms with Gasteiger partial charge in [0.2, 0.25) is 5.78 Å². The van der Waals surface area contributed by atoms with E-state index in [0.717, 1.165) is 0 Å². The summed E-state index contributed by atoms with van der Waals surface area (Å²) in [5, 5.41) is 22.6. The zero-order chi connectivity index (χ0) is 9.14. The van der Waals surface area contributed by atoms with Crippen molar-refractivity contribution in [1.82, 2.24) is 0 Å². The average Bonchev–Trinajstić information content (AvgIpc) is 2.08. The van der Waals surface area contributed by atoms with Crippen LogP contribution in [0.5, 0.6) is 0 Å². The molecule has 5 heteroatoms. The highest BCUT2D eigenvalue weighted by Crippen LogP contribution is 2.17. The van der Waals surface area contributed by atoms with Crippen molar-refractivity contribution in [3.05, 3.63) is 0 Å². The molecule has 0 saturated heterocycles. The predicted molar refractivity (Wildman–Crippen MR) is 41.8 cm³/mol. The molecule has 1 aliphatic carbocycles. The van der Waals surface area contributed by atoms with Gasteiger partial charge >= 0.3 is 0 Å². The van der Waals surface area contributed by atoms with E-state index in [1.54, 1.807) is 0 Å². The van der Waals surface area contributed by atoms with Gasteiger partial charge in [0.05, 0.1) is 0 Å². The summed E-state index contributed by atoms with van der Waals surface area (Å²) in [6.45, 7) is 1.89. The molecule has 12 heavy (non-hydrogen) atoms. The summed E-state index contributed by atoms with van der Waals surface area (Å²) in [7, 11) is 0. The van der Waals surface area contributed by atoms with Crippen molar-refractivity contribution in [3.8, 4) is 0 Å². The van der Waals surface area contributed by atoms with Crippen LogP contribution in [0.4, 0.5) is 0 Å². The molecule has 0 aromatic rings. The maximum absolute atomic E-state index is 11.2. The summed E-state index contributed by atoms with van der Waals surface area (Å²) in [6.07, 6.45) is 0.878. The van der Waals surface area contributed by atoms with Crippen LogP contribution in [0.2, 0.25) is 0 Å². The summed E-state index contributed by atoms with van der Waals surface area (Å²) in [5.74, 6) is -0.280. The Morgan fingerprint density at radius 1 is 1.25 bits per heavy atom. The van der Waals surface area contributed by atoms with Crippen LogP contribution >= 0.6 is 0 Å². The molecule has 0 amide bonds. The van der Waals surface area contributed by atoms with Gasteiger partial charge in [-0.05, 0) is 18.8 Å². The summed E-state index contributed by atoms with van der Waals surface area (Å²) in [5.41, 5.74) is 0.142. The van der Waals surface area contributed by atoms with E-state index < -0.39 is 5.78 Å². The summed E-state index contributed by atoms with van der Waals surface area (Å²) in [4.78, 5) is 11.2. The Bertz CT molecular complexity index is 233. The first kappa shape index (κ1) is 8.70. The quantitative estimate of drug-likeness (QED) is 0.413. The van der Waals surface area contributed by atoms with Crippen LogP contribution < -0.4 is 0 Å². The molecule has 1 saturated carbocycles. The van der Waals surface area contributed by atoms with E-state index in [2.05, 4.69) is 10.3 Å². The molecule has 0 radical (unpaired) electrons. The van der Waals surface area contributed by atoms with Gasteiger partial charge in [0, 0.05) is 0 Å². The third kappa shape index (κ3) is 1.44. The number of rotatable bonds is 0. The number of nitrogens with zero attached hydrogens (tertiary/aromatic N) is 2. The van der Waals surface area contributed by atoms with Crippen LogP contribution in [0.15, 0.2) is 10.3 Å². The maximum atomic E-state index is 11.2. The van der Waals surface area contributed by atoms with E-state index in [-0.39, 0.29) is 17.3 Å². The van der Waals surface area contributed by atoms with Crippen molar-refractivity contribution in [3.63, 3.8) is 0 Å². The number of carbonyl (C=O) groups is 1. The third-order valence-corrected chi connectivity index (χ3v) is 1.85. The fourth-order valence-corrected chi connectivity index (χ4v) is 1.26. The van der Waals surface area contributed by atoms with E-state index >= 15 is 0 Å². The van der Waals surface area contributed by atoms with Crippen LogP contribution in [-0.2, 0) is 4.79 Å². The molecule has 0 atom stereocenters. The SMILES string of the molecule is CC1C/C(=N/O)C(=O)/C(=N\O)C1. The third-order valence-electron chi connectivity index (χ3n) is 1.85. The molecule has 0 spiro atoms. The average molecular weight is 170 g/mol. The van der Waals surface area contributed by atoms with Gasteiger partial charge in [-0.3, -0.25) is 4.79 Å². The topological polar surface area (TPSA) is 82.2 Å². The first-order valence-electron chi connectivity index (χ1n) is 3.65. The van der Waals surface area contributed by atoms with E-state index in [1.807, 2.05) is 6.92 Å². The molecule has 2 N–H and O–H groups in total. The van der Waals surface area contributed by atoms with Crippen molar-refractivity contribution in [2.75, 3.05) is 0 Å². The number of ketones is 1. The Hall–Kier alpha value is -1.39. The van der Waals surface area contributed by atoms with Gasteiger partial charge < -0.3 is 10.4 Å². The molecular formula is C7H10N2O3. The second-order valence-electron chi connectivity index (χ2n) is 2.94. The van der Waals surface area contributed by atoms with Crippen LogP contribution in [0, 0.1) is 5.92 Å². The fourth-order valence-electron chi connectivity index (χ4n) is 1.26. The molecule has 0 aromatic carbocycles. The predicted octanol–water partition coefficient (Wildman–Crippen LogP) is 0.646. The molecule has 0 bridgehead atoms. The van der Waals surface area contributed by atoms with E-state index in [4.69, 9.17) is 10.4 Å². The normalized spacial score (nSPS) is 31.4. The van der Waals surface area contributed by atoms with Crippen molar-refractivity contribution in [2.45, 2.75) is 19.8 Å². The van der Waals surface area contributed by atoms with Crippen molar-refractivity contribution >= 4 is 17.2 Å². The van der Waals surface area contributed by atoms with Crippen molar-refractivity contribution in [2.24, 2.45) is 16.2 Å². The lowest BCUT2D eigenvalue weighted by atomic mass is 9.87. The first-order chi connectivity index (χ1) is 5.69. The number of hydrogen-bond donors (Lipinski definition) is 2. The lowest BCUT2D eigenvalue weighted by Crippen LogP contribution is -2.32. The highest BCUT2D eigenvalue weighted by atomic mass is 16.4. The highest BCUT2D eigenvalue weighted by Gasteiger charge is 2.28. The molecule has 0 aliphatic heterocycles. The van der Waals surface area contributed by atoms with Gasteiger partial charge in [0.1, 0.15) is 11.4 Å². The smallest absolute Gasteiger partial charge is 0.228 e. The molecule has 1 aliphatic rings. The zero-order valence-electron chi connectivity index (χ0n) is 6.69.